The molecule has 0 unspecified atom stereocenters. The monoisotopic (exact) mass is 213 g/mol. The van der Waals surface area contributed by atoms with E-state index in [0.29, 0.717) is 0 Å². The first-order valence-corrected chi connectivity index (χ1v) is 5.73. The van der Waals surface area contributed by atoms with Crippen LogP contribution in [0.1, 0.15) is 32.4 Å². The van der Waals surface area contributed by atoms with E-state index in [9.17, 15) is 0 Å². The van der Waals surface area contributed by atoms with Gasteiger partial charge in [0.2, 0.25) is 0 Å². The van der Waals surface area contributed by atoms with Gasteiger partial charge in [-0.05, 0) is 21.8 Å². The molecular weight excluding hydrogens is 194 g/mol. The molecule has 0 bridgehead atoms. The highest BCUT2D eigenvalue weighted by Gasteiger charge is 2.23. The average Bonchev–Trinajstić information content (AvgIpc) is 2.26. The summed E-state index contributed by atoms with van der Waals surface area (Å²) in [6.45, 7) is 6.54. The Labute approximate surface area is 97.3 Å². The van der Waals surface area contributed by atoms with Crippen molar-refractivity contribution in [3.63, 3.8) is 0 Å². The first-order chi connectivity index (χ1) is 7.50. The van der Waals surface area contributed by atoms with Gasteiger partial charge >= 0.3 is 0 Å². The van der Waals surface area contributed by atoms with E-state index in [0.717, 1.165) is 0 Å². The largest absolute Gasteiger partial charge is 0.323 e. The molecule has 1 heteroatoms. The number of nitrogens with two attached hydrogens (primary N) is 1. The van der Waals surface area contributed by atoms with Crippen molar-refractivity contribution in [3.05, 3.63) is 48.0 Å². The second-order valence-corrected chi connectivity index (χ2v) is 5.41. The van der Waals surface area contributed by atoms with E-state index in [-0.39, 0.29) is 11.5 Å². The highest BCUT2D eigenvalue weighted by Crippen LogP contribution is 2.34. The lowest BCUT2D eigenvalue weighted by Crippen LogP contribution is -2.26. The SMILES string of the molecule is CC(C)(C)[C@@H](N)c1cccc2ccccc12. The number of rotatable bonds is 1. The van der Waals surface area contributed by atoms with Crippen molar-refractivity contribution >= 4 is 10.8 Å². The summed E-state index contributed by atoms with van der Waals surface area (Å²) in [6.07, 6.45) is 0. The Morgan fingerprint density at radius 2 is 1.56 bits per heavy atom. The number of fused-ring (bicyclic) bond motifs is 1. The highest BCUT2D eigenvalue weighted by molar-refractivity contribution is 5.86. The minimum Gasteiger partial charge on any atom is -0.323 e. The predicted octanol–water partition coefficient (Wildman–Crippen LogP) is 3.89. The molecule has 0 fully saturated rings. The Morgan fingerprint density at radius 3 is 2.25 bits per heavy atom. The van der Waals surface area contributed by atoms with E-state index in [1.54, 1.807) is 0 Å². The minimum atomic E-state index is 0.0681. The molecule has 2 N–H and O–H groups in total. The lowest BCUT2D eigenvalue weighted by Gasteiger charge is -2.28. The fourth-order valence-corrected chi connectivity index (χ4v) is 1.99. The zero-order chi connectivity index (χ0) is 11.8. The van der Waals surface area contributed by atoms with Gasteiger partial charge < -0.3 is 5.73 Å². The van der Waals surface area contributed by atoms with Gasteiger partial charge in [-0.15, -0.1) is 0 Å². The Balaban J connectivity index is 2.61. The van der Waals surface area contributed by atoms with Crippen LogP contribution in [0.5, 0.6) is 0 Å². The van der Waals surface area contributed by atoms with Crippen LogP contribution in [0.2, 0.25) is 0 Å². The smallest absolute Gasteiger partial charge is 0.0350 e. The zero-order valence-corrected chi connectivity index (χ0v) is 10.2. The van der Waals surface area contributed by atoms with Crippen molar-refractivity contribution in [2.24, 2.45) is 11.1 Å². The third-order valence-electron chi connectivity index (χ3n) is 3.09. The van der Waals surface area contributed by atoms with E-state index in [1.807, 2.05) is 0 Å². The molecule has 0 amide bonds. The topological polar surface area (TPSA) is 26.0 Å². The number of hydrogen-bond donors (Lipinski definition) is 1. The van der Waals surface area contributed by atoms with Crippen molar-refractivity contribution in [3.8, 4) is 0 Å². The number of benzene rings is 2. The van der Waals surface area contributed by atoms with E-state index < -0.39 is 0 Å². The maximum absolute atomic E-state index is 6.34. The van der Waals surface area contributed by atoms with Gasteiger partial charge in [-0.3, -0.25) is 0 Å². The van der Waals surface area contributed by atoms with Gasteiger partial charge in [0, 0.05) is 6.04 Å². The molecule has 0 spiro atoms. The van der Waals surface area contributed by atoms with E-state index in [4.69, 9.17) is 5.73 Å². The quantitative estimate of drug-likeness (QED) is 0.764. The van der Waals surface area contributed by atoms with Crippen LogP contribution < -0.4 is 5.73 Å². The third kappa shape index (κ3) is 1.96. The van der Waals surface area contributed by atoms with E-state index in [1.165, 1.54) is 16.3 Å². The second-order valence-electron chi connectivity index (χ2n) is 5.41. The summed E-state index contributed by atoms with van der Waals surface area (Å²) in [6, 6.07) is 14.8. The molecule has 0 heterocycles. The fraction of sp³-hybridized carbons (Fsp3) is 0.333. The Kier molecular flexibility index (Phi) is 2.73. The standard InChI is InChI=1S/C15H19N/c1-15(2,3)14(16)13-10-6-8-11-7-4-5-9-12(11)13/h4-10,14H,16H2,1-3H3/t14-/m0/s1. The number of hydrogen-bond acceptors (Lipinski definition) is 1. The van der Waals surface area contributed by atoms with Gasteiger partial charge in [-0.2, -0.15) is 0 Å². The van der Waals surface area contributed by atoms with Crippen LogP contribution >= 0.6 is 0 Å². The maximum Gasteiger partial charge on any atom is 0.0350 e. The van der Waals surface area contributed by atoms with Crippen LogP contribution in [0.15, 0.2) is 42.5 Å². The van der Waals surface area contributed by atoms with Crippen molar-refractivity contribution < 1.29 is 0 Å². The van der Waals surface area contributed by atoms with Crippen molar-refractivity contribution in [2.75, 3.05) is 0 Å². The van der Waals surface area contributed by atoms with Crippen LogP contribution in [-0.2, 0) is 0 Å². The first kappa shape index (κ1) is 11.2. The molecule has 2 aromatic rings. The summed E-state index contributed by atoms with van der Waals surface area (Å²) in [4.78, 5) is 0. The highest BCUT2D eigenvalue weighted by atomic mass is 14.7. The molecule has 0 aliphatic carbocycles. The van der Waals surface area contributed by atoms with Gasteiger partial charge in [0.05, 0.1) is 0 Å². The molecule has 0 aromatic heterocycles. The van der Waals surface area contributed by atoms with Crippen LogP contribution in [0.3, 0.4) is 0 Å². The van der Waals surface area contributed by atoms with Crippen molar-refractivity contribution in [1.29, 1.82) is 0 Å². The van der Waals surface area contributed by atoms with Gasteiger partial charge in [0.25, 0.3) is 0 Å². The molecule has 0 saturated carbocycles. The summed E-state index contributed by atoms with van der Waals surface area (Å²) in [5, 5.41) is 2.53. The molecule has 0 aliphatic heterocycles. The van der Waals surface area contributed by atoms with Crippen LogP contribution in [0, 0.1) is 5.41 Å². The Morgan fingerprint density at radius 1 is 0.938 bits per heavy atom. The molecule has 2 rings (SSSR count). The molecular formula is C15H19N. The lowest BCUT2D eigenvalue weighted by atomic mass is 9.81. The predicted molar refractivity (Wildman–Crippen MR) is 70.3 cm³/mol. The zero-order valence-electron chi connectivity index (χ0n) is 10.2. The lowest BCUT2D eigenvalue weighted by molar-refractivity contribution is 0.328. The average molecular weight is 213 g/mol. The molecule has 1 atom stereocenters. The molecule has 1 nitrogen and oxygen atoms in total. The second kappa shape index (κ2) is 3.91. The maximum atomic E-state index is 6.34. The van der Waals surface area contributed by atoms with Gasteiger partial charge in [0.1, 0.15) is 0 Å². The molecule has 16 heavy (non-hydrogen) atoms. The summed E-state index contributed by atoms with van der Waals surface area (Å²) in [5.41, 5.74) is 7.67. The summed E-state index contributed by atoms with van der Waals surface area (Å²) >= 11 is 0. The third-order valence-corrected chi connectivity index (χ3v) is 3.09. The summed E-state index contributed by atoms with van der Waals surface area (Å²) in [5.74, 6) is 0. The first-order valence-electron chi connectivity index (χ1n) is 5.73. The van der Waals surface area contributed by atoms with Gasteiger partial charge in [-0.1, -0.05) is 63.2 Å². The normalized spacial score (nSPS) is 14.0. The Hall–Kier alpha value is -1.34. The van der Waals surface area contributed by atoms with Crippen molar-refractivity contribution in [2.45, 2.75) is 26.8 Å². The van der Waals surface area contributed by atoms with Gasteiger partial charge in [-0.25, -0.2) is 0 Å². The molecule has 0 aliphatic rings. The van der Waals surface area contributed by atoms with Crippen LogP contribution in [0.25, 0.3) is 10.8 Å². The molecule has 0 saturated heterocycles. The fourth-order valence-electron chi connectivity index (χ4n) is 1.99. The molecule has 0 radical (unpaired) electrons. The van der Waals surface area contributed by atoms with Gasteiger partial charge in [0.15, 0.2) is 0 Å². The molecule has 84 valence electrons. The summed E-state index contributed by atoms with van der Waals surface area (Å²) < 4.78 is 0. The minimum absolute atomic E-state index is 0.0681. The van der Waals surface area contributed by atoms with Crippen molar-refractivity contribution in [1.82, 2.24) is 0 Å². The van der Waals surface area contributed by atoms with Crippen LogP contribution in [-0.4, -0.2) is 0 Å². The van der Waals surface area contributed by atoms with Crippen LogP contribution in [0.4, 0.5) is 0 Å². The Bertz CT molecular complexity index is 489. The van der Waals surface area contributed by atoms with E-state index in [2.05, 4.69) is 63.2 Å². The van der Waals surface area contributed by atoms with E-state index >= 15 is 0 Å². The summed E-state index contributed by atoms with van der Waals surface area (Å²) in [7, 11) is 0. The molecule has 2 aromatic carbocycles.